The minimum atomic E-state index is -0.269. The van der Waals surface area contributed by atoms with Gasteiger partial charge in [0.15, 0.2) is 0 Å². The van der Waals surface area contributed by atoms with E-state index in [4.69, 9.17) is 16.3 Å². The summed E-state index contributed by atoms with van der Waals surface area (Å²) in [6, 6.07) is 12.3. The number of ether oxygens (including phenoxy) is 1. The summed E-state index contributed by atoms with van der Waals surface area (Å²) in [7, 11) is 1.64. The van der Waals surface area contributed by atoms with Gasteiger partial charge in [-0.3, -0.25) is 9.59 Å². The van der Waals surface area contributed by atoms with Gasteiger partial charge < -0.3 is 20.3 Å². The van der Waals surface area contributed by atoms with Crippen molar-refractivity contribution in [2.75, 3.05) is 43.6 Å². The van der Waals surface area contributed by atoms with Gasteiger partial charge >= 0.3 is 0 Å². The van der Waals surface area contributed by atoms with Crippen LogP contribution in [0.2, 0.25) is 5.02 Å². The molecule has 2 aromatic rings. The normalized spacial score (nSPS) is 13.7. The first-order valence-corrected chi connectivity index (χ1v) is 10.7. The quantitative estimate of drug-likeness (QED) is 0.612. The van der Waals surface area contributed by atoms with Crippen molar-refractivity contribution in [3.8, 4) is 0 Å². The summed E-state index contributed by atoms with van der Waals surface area (Å²) in [6.07, 6.45) is 4.18. The summed E-state index contributed by atoms with van der Waals surface area (Å²) in [5.41, 5.74) is 2.51. The van der Waals surface area contributed by atoms with E-state index >= 15 is 0 Å². The van der Waals surface area contributed by atoms with E-state index in [9.17, 15) is 9.59 Å². The number of benzene rings is 2. The fraction of sp³-hybridized carbons (Fsp3) is 0.391. The molecular formula is C23H28ClN3O3. The van der Waals surface area contributed by atoms with Gasteiger partial charge in [-0.05, 0) is 62.1 Å². The molecule has 1 fully saturated rings. The predicted molar refractivity (Wildman–Crippen MR) is 121 cm³/mol. The first kappa shape index (κ1) is 22.1. The summed E-state index contributed by atoms with van der Waals surface area (Å²) in [6.45, 7) is 2.98. The maximum absolute atomic E-state index is 12.9. The van der Waals surface area contributed by atoms with Crippen LogP contribution >= 0.6 is 11.6 Å². The Morgan fingerprint density at radius 2 is 1.87 bits per heavy atom. The standard InChI is InChI=1S/C23H28ClN3O3/c1-30-14-6-11-25-23(29)20-16-19(9-10-21(20)27-12-3-2-4-13-27)26-22(28)17-7-5-8-18(24)15-17/h5,7-10,15-16H,2-4,6,11-14H2,1H3,(H,25,29)(H,26,28). The van der Waals surface area contributed by atoms with E-state index in [-0.39, 0.29) is 11.8 Å². The second-order valence-electron chi connectivity index (χ2n) is 7.35. The molecule has 1 saturated heterocycles. The number of anilines is 2. The van der Waals surface area contributed by atoms with Crippen molar-refractivity contribution in [3.05, 3.63) is 58.6 Å². The van der Waals surface area contributed by atoms with Crippen LogP contribution in [-0.4, -0.2) is 45.2 Å². The lowest BCUT2D eigenvalue weighted by Crippen LogP contribution is -2.33. The van der Waals surface area contributed by atoms with Crippen molar-refractivity contribution in [1.82, 2.24) is 5.32 Å². The lowest BCUT2D eigenvalue weighted by molar-refractivity contribution is 0.0947. The molecule has 1 heterocycles. The molecule has 0 radical (unpaired) electrons. The van der Waals surface area contributed by atoms with Crippen molar-refractivity contribution in [3.63, 3.8) is 0 Å². The molecule has 1 aliphatic heterocycles. The Kier molecular flexibility index (Phi) is 8.11. The van der Waals surface area contributed by atoms with E-state index < -0.39 is 0 Å². The summed E-state index contributed by atoms with van der Waals surface area (Å²) in [5.74, 6) is -0.416. The number of halogens is 1. The van der Waals surface area contributed by atoms with Crippen molar-refractivity contribution in [2.24, 2.45) is 0 Å². The lowest BCUT2D eigenvalue weighted by Gasteiger charge is -2.30. The van der Waals surface area contributed by atoms with Crippen LogP contribution in [0.5, 0.6) is 0 Å². The lowest BCUT2D eigenvalue weighted by atomic mass is 10.1. The highest BCUT2D eigenvalue weighted by molar-refractivity contribution is 6.31. The Morgan fingerprint density at radius 1 is 1.07 bits per heavy atom. The maximum atomic E-state index is 12.9. The first-order chi connectivity index (χ1) is 14.6. The van der Waals surface area contributed by atoms with Crippen LogP contribution in [0, 0.1) is 0 Å². The second-order valence-corrected chi connectivity index (χ2v) is 7.78. The Labute approximate surface area is 182 Å². The summed E-state index contributed by atoms with van der Waals surface area (Å²) < 4.78 is 5.05. The van der Waals surface area contributed by atoms with E-state index in [0.717, 1.165) is 38.0 Å². The molecule has 7 heteroatoms. The summed E-state index contributed by atoms with van der Waals surface area (Å²) in [5, 5.41) is 6.33. The van der Waals surface area contributed by atoms with Gasteiger partial charge in [-0.2, -0.15) is 0 Å². The Bertz CT molecular complexity index is 882. The molecule has 6 nitrogen and oxygen atoms in total. The molecule has 0 spiro atoms. The SMILES string of the molecule is COCCCNC(=O)c1cc(NC(=O)c2cccc(Cl)c2)ccc1N1CCCCC1. The van der Waals surface area contributed by atoms with Gasteiger partial charge in [0.05, 0.1) is 5.56 Å². The van der Waals surface area contributed by atoms with E-state index in [0.29, 0.717) is 35.0 Å². The Balaban J connectivity index is 1.80. The molecule has 0 aliphatic carbocycles. The van der Waals surface area contributed by atoms with Gasteiger partial charge in [-0.15, -0.1) is 0 Å². The molecule has 0 unspecified atom stereocenters. The number of carbonyl (C=O) groups is 2. The van der Waals surface area contributed by atoms with Gasteiger partial charge in [0.25, 0.3) is 11.8 Å². The molecule has 1 aliphatic rings. The van der Waals surface area contributed by atoms with Crippen LogP contribution in [0.15, 0.2) is 42.5 Å². The maximum Gasteiger partial charge on any atom is 0.255 e. The molecule has 2 N–H and O–H groups in total. The molecule has 0 saturated carbocycles. The van der Waals surface area contributed by atoms with Crippen molar-refractivity contribution in [2.45, 2.75) is 25.7 Å². The molecule has 2 amide bonds. The number of amides is 2. The number of hydrogen-bond acceptors (Lipinski definition) is 4. The topological polar surface area (TPSA) is 70.7 Å². The number of nitrogens with zero attached hydrogens (tertiary/aromatic N) is 1. The minimum absolute atomic E-state index is 0.148. The zero-order valence-electron chi connectivity index (χ0n) is 17.2. The molecule has 30 heavy (non-hydrogen) atoms. The minimum Gasteiger partial charge on any atom is -0.385 e. The van der Waals surface area contributed by atoms with Crippen molar-refractivity contribution < 1.29 is 14.3 Å². The van der Waals surface area contributed by atoms with E-state index in [1.54, 1.807) is 37.4 Å². The van der Waals surface area contributed by atoms with Crippen LogP contribution in [0.4, 0.5) is 11.4 Å². The average molecular weight is 430 g/mol. The summed E-state index contributed by atoms with van der Waals surface area (Å²) >= 11 is 5.99. The largest absolute Gasteiger partial charge is 0.385 e. The Morgan fingerprint density at radius 3 is 2.60 bits per heavy atom. The molecule has 0 bridgehead atoms. The number of nitrogens with one attached hydrogen (secondary N) is 2. The van der Waals surface area contributed by atoms with E-state index in [1.807, 2.05) is 12.1 Å². The molecule has 0 aromatic heterocycles. The monoisotopic (exact) mass is 429 g/mol. The Hall–Kier alpha value is -2.57. The van der Waals surface area contributed by atoms with Crippen LogP contribution < -0.4 is 15.5 Å². The molecule has 160 valence electrons. The van der Waals surface area contributed by atoms with E-state index in [1.165, 1.54) is 6.42 Å². The van der Waals surface area contributed by atoms with Crippen LogP contribution in [-0.2, 0) is 4.74 Å². The third kappa shape index (κ3) is 5.97. The molecular weight excluding hydrogens is 402 g/mol. The number of carbonyl (C=O) groups excluding carboxylic acids is 2. The van der Waals surface area contributed by atoms with Crippen LogP contribution in [0.1, 0.15) is 46.4 Å². The number of methoxy groups -OCH3 is 1. The van der Waals surface area contributed by atoms with Crippen molar-refractivity contribution >= 4 is 34.8 Å². The number of rotatable bonds is 8. The van der Waals surface area contributed by atoms with Crippen LogP contribution in [0.25, 0.3) is 0 Å². The predicted octanol–water partition coefficient (Wildman–Crippen LogP) is 4.35. The van der Waals surface area contributed by atoms with Crippen LogP contribution in [0.3, 0.4) is 0 Å². The highest BCUT2D eigenvalue weighted by Crippen LogP contribution is 2.27. The van der Waals surface area contributed by atoms with Gasteiger partial charge in [-0.1, -0.05) is 17.7 Å². The fourth-order valence-electron chi connectivity index (χ4n) is 3.55. The highest BCUT2D eigenvalue weighted by atomic mass is 35.5. The summed E-state index contributed by atoms with van der Waals surface area (Å²) in [4.78, 5) is 27.7. The fourth-order valence-corrected chi connectivity index (χ4v) is 3.74. The van der Waals surface area contributed by atoms with Crippen molar-refractivity contribution in [1.29, 1.82) is 0 Å². The smallest absolute Gasteiger partial charge is 0.255 e. The van der Waals surface area contributed by atoms with Gasteiger partial charge in [-0.25, -0.2) is 0 Å². The van der Waals surface area contributed by atoms with Gasteiger partial charge in [0.1, 0.15) is 0 Å². The average Bonchev–Trinajstić information content (AvgIpc) is 2.77. The number of hydrogen-bond donors (Lipinski definition) is 2. The molecule has 2 aromatic carbocycles. The molecule has 0 atom stereocenters. The zero-order chi connectivity index (χ0) is 21.3. The van der Waals surface area contributed by atoms with E-state index in [2.05, 4.69) is 15.5 Å². The number of piperidine rings is 1. The first-order valence-electron chi connectivity index (χ1n) is 10.3. The van der Waals surface area contributed by atoms with Gasteiger partial charge in [0, 0.05) is 55.3 Å². The zero-order valence-corrected chi connectivity index (χ0v) is 18.0. The highest BCUT2D eigenvalue weighted by Gasteiger charge is 2.20. The third-order valence-corrected chi connectivity index (χ3v) is 5.33. The van der Waals surface area contributed by atoms with Gasteiger partial charge in [0.2, 0.25) is 0 Å². The third-order valence-electron chi connectivity index (χ3n) is 5.09. The second kappa shape index (κ2) is 11.0. The molecule has 3 rings (SSSR count).